The summed E-state index contributed by atoms with van der Waals surface area (Å²) in [5, 5.41) is 9.44. The average molecular weight is 307 g/mol. The van der Waals surface area contributed by atoms with Gasteiger partial charge in [0.25, 0.3) is 0 Å². The van der Waals surface area contributed by atoms with Crippen molar-refractivity contribution in [1.82, 2.24) is 4.98 Å². The molecule has 21 heavy (non-hydrogen) atoms. The summed E-state index contributed by atoms with van der Waals surface area (Å²) in [5.41, 5.74) is 0.524. The molecule has 0 aliphatic carbocycles. The minimum Gasteiger partial charge on any atom is -0.478 e. The Balaban J connectivity index is 2.01. The number of carboxylic acid groups (broad SMARTS) is 1. The highest BCUT2D eigenvalue weighted by Gasteiger charge is 2.16. The number of pyridine rings is 1. The third-order valence-corrected chi connectivity index (χ3v) is 3.52. The highest BCUT2D eigenvalue weighted by molar-refractivity contribution is 7.98. The van der Waals surface area contributed by atoms with Gasteiger partial charge in [-0.3, -0.25) is 0 Å². The van der Waals surface area contributed by atoms with Crippen molar-refractivity contribution >= 4 is 23.7 Å². The summed E-state index contributed by atoms with van der Waals surface area (Å²) in [6.45, 7) is 2.04. The predicted octanol–water partition coefficient (Wildman–Crippen LogP) is 2.84. The molecule has 0 fully saturated rings. The number of aromatic carboxylic acids is 1. The van der Waals surface area contributed by atoms with E-state index in [-0.39, 0.29) is 5.56 Å². The molecule has 2 aromatic heterocycles. The van der Waals surface area contributed by atoms with Gasteiger partial charge >= 0.3 is 11.9 Å². The van der Waals surface area contributed by atoms with Crippen molar-refractivity contribution in [3.8, 4) is 0 Å². The second kappa shape index (κ2) is 6.94. The third-order valence-electron chi connectivity index (χ3n) is 2.58. The molecule has 0 spiro atoms. The Morgan fingerprint density at radius 1 is 1.38 bits per heavy atom. The maximum Gasteiger partial charge on any atom is 0.341 e. The SMILES string of the molecule is CCOC(=O)c1ccoc1CSc1ccc(C(=O)O)cn1. The molecule has 0 unspecified atom stereocenters. The van der Waals surface area contributed by atoms with Crippen LogP contribution < -0.4 is 0 Å². The molecule has 110 valence electrons. The molecule has 0 atom stereocenters. The normalized spacial score (nSPS) is 10.3. The quantitative estimate of drug-likeness (QED) is 0.648. The zero-order valence-corrected chi connectivity index (χ0v) is 12.1. The van der Waals surface area contributed by atoms with Gasteiger partial charge in [0.1, 0.15) is 11.3 Å². The number of esters is 1. The zero-order valence-electron chi connectivity index (χ0n) is 11.2. The van der Waals surface area contributed by atoms with Crippen LogP contribution in [0.4, 0.5) is 0 Å². The summed E-state index contributed by atoms with van der Waals surface area (Å²) in [6.07, 6.45) is 2.72. The van der Waals surface area contributed by atoms with Crippen LogP contribution in [0.2, 0.25) is 0 Å². The number of carbonyl (C=O) groups excluding carboxylic acids is 1. The van der Waals surface area contributed by atoms with E-state index in [9.17, 15) is 9.59 Å². The van der Waals surface area contributed by atoms with Crippen LogP contribution in [0.15, 0.2) is 40.1 Å². The lowest BCUT2D eigenvalue weighted by Crippen LogP contribution is -2.05. The number of furan rings is 1. The standard InChI is InChI=1S/C14H13NO5S/c1-2-19-14(18)10-5-6-20-11(10)8-21-12-4-3-9(7-15-12)13(16)17/h3-7H,2,8H2,1H3,(H,16,17). The molecular formula is C14H13NO5S. The van der Waals surface area contributed by atoms with Crippen LogP contribution in [0.1, 0.15) is 33.4 Å². The molecule has 2 rings (SSSR count). The van der Waals surface area contributed by atoms with E-state index in [1.165, 1.54) is 30.3 Å². The number of carboxylic acids is 1. The molecule has 0 bridgehead atoms. The number of hydrogen-bond acceptors (Lipinski definition) is 6. The summed E-state index contributed by atoms with van der Waals surface area (Å²) in [7, 11) is 0. The maximum absolute atomic E-state index is 11.7. The van der Waals surface area contributed by atoms with Crippen molar-refractivity contribution in [1.29, 1.82) is 0 Å². The Bertz CT molecular complexity index is 635. The molecule has 0 saturated carbocycles. The lowest BCUT2D eigenvalue weighted by atomic mass is 10.3. The van der Waals surface area contributed by atoms with E-state index in [0.717, 1.165) is 0 Å². The molecule has 0 aliphatic rings. The molecule has 1 N–H and O–H groups in total. The van der Waals surface area contributed by atoms with Gasteiger partial charge in [-0.15, -0.1) is 0 Å². The number of nitrogens with zero attached hydrogens (tertiary/aromatic N) is 1. The molecule has 2 aromatic rings. The molecule has 0 aliphatic heterocycles. The number of rotatable bonds is 6. The van der Waals surface area contributed by atoms with Gasteiger partial charge in [-0.05, 0) is 25.1 Å². The van der Waals surface area contributed by atoms with Gasteiger partial charge in [0.15, 0.2) is 0 Å². The van der Waals surface area contributed by atoms with E-state index >= 15 is 0 Å². The number of carbonyl (C=O) groups is 2. The molecule has 7 heteroatoms. The van der Waals surface area contributed by atoms with Crippen LogP contribution in [0, 0.1) is 0 Å². The average Bonchev–Trinajstić information content (AvgIpc) is 2.94. The molecule has 2 heterocycles. The van der Waals surface area contributed by atoms with Crippen LogP contribution >= 0.6 is 11.8 Å². The fourth-order valence-electron chi connectivity index (χ4n) is 1.57. The Kier molecular flexibility index (Phi) is 4.99. The molecule has 0 aromatic carbocycles. The first-order valence-corrected chi connectivity index (χ1v) is 7.16. The van der Waals surface area contributed by atoms with E-state index in [0.29, 0.717) is 28.7 Å². The highest BCUT2D eigenvalue weighted by atomic mass is 32.2. The number of ether oxygens (including phenoxy) is 1. The Morgan fingerprint density at radius 3 is 2.81 bits per heavy atom. The molecule has 0 amide bonds. The van der Waals surface area contributed by atoms with Crippen molar-refractivity contribution in [3.05, 3.63) is 47.5 Å². The summed E-state index contributed by atoms with van der Waals surface area (Å²) in [5.74, 6) is -0.533. The van der Waals surface area contributed by atoms with Gasteiger partial charge in [-0.2, -0.15) is 0 Å². The molecule has 6 nitrogen and oxygen atoms in total. The van der Waals surface area contributed by atoms with E-state index in [2.05, 4.69) is 4.98 Å². The predicted molar refractivity (Wildman–Crippen MR) is 75.4 cm³/mol. The van der Waals surface area contributed by atoms with Crippen LogP contribution in [0.25, 0.3) is 0 Å². The minimum absolute atomic E-state index is 0.129. The monoisotopic (exact) mass is 307 g/mol. The fourth-order valence-corrected chi connectivity index (χ4v) is 2.37. The molecule has 0 saturated heterocycles. The second-order valence-electron chi connectivity index (χ2n) is 3.96. The smallest absolute Gasteiger partial charge is 0.341 e. The summed E-state index contributed by atoms with van der Waals surface area (Å²) in [6, 6.07) is 4.65. The first-order valence-electron chi connectivity index (χ1n) is 6.17. The summed E-state index contributed by atoms with van der Waals surface area (Å²) >= 11 is 1.34. The first kappa shape index (κ1) is 15.1. The van der Waals surface area contributed by atoms with E-state index in [1.807, 2.05) is 0 Å². The van der Waals surface area contributed by atoms with Gasteiger partial charge < -0.3 is 14.3 Å². The minimum atomic E-state index is -1.02. The van der Waals surface area contributed by atoms with Crippen molar-refractivity contribution in [2.45, 2.75) is 17.7 Å². The lowest BCUT2D eigenvalue weighted by Gasteiger charge is -2.03. The van der Waals surface area contributed by atoms with Crippen LogP contribution in [-0.4, -0.2) is 28.6 Å². The Hall–Kier alpha value is -2.28. The number of thioether (sulfide) groups is 1. The molecule has 0 radical (unpaired) electrons. The van der Waals surface area contributed by atoms with Gasteiger partial charge in [0, 0.05) is 6.20 Å². The van der Waals surface area contributed by atoms with E-state index in [1.54, 1.807) is 19.1 Å². The summed E-state index contributed by atoms with van der Waals surface area (Å²) < 4.78 is 10.2. The Labute approximate surface area is 125 Å². The number of aromatic nitrogens is 1. The van der Waals surface area contributed by atoms with Crippen LogP contribution in [0.3, 0.4) is 0 Å². The third kappa shape index (κ3) is 3.85. The van der Waals surface area contributed by atoms with Gasteiger partial charge in [-0.1, -0.05) is 11.8 Å². The van der Waals surface area contributed by atoms with Gasteiger partial charge in [-0.25, -0.2) is 14.6 Å². The van der Waals surface area contributed by atoms with Crippen molar-refractivity contribution in [3.63, 3.8) is 0 Å². The van der Waals surface area contributed by atoms with Crippen LogP contribution in [-0.2, 0) is 10.5 Å². The molecular weight excluding hydrogens is 294 g/mol. The van der Waals surface area contributed by atoms with Crippen molar-refractivity contribution in [2.75, 3.05) is 6.61 Å². The topological polar surface area (TPSA) is 89.6 Å². The zero-order chi connectivity index (χ0) is 15.2. The van der Waals surface area contributed by atoms with Crippen molar-refractivity contribution in [2.24, 2.45) is 0 Å². The van der Waals surface area contributed by atoms with Gasteiger partial charge in [0.2, 0.25) is 0 Å². The second-order valence-corrected chi connectivity index (χ2v) is 4.95. The maximum atomic E-state index is 11.7. The van der Waals surface area contributed by atoms with Gasteiger partial charge in [0.05, 0.1) is 29.2 Å². The lowest BCUT2D eigenvalue weighted by molar-refractivity contribution is 0.0523. The Morgan fingerprint density at radius 2 is 2.19 bits per heavy atom. The van der Waals surface area contributed by atoms with E-state index in [4.69, 9.17) is 14.3 Å². The van der Waals surface area contributed by atoms with Crippen molar-refractivity contribution < 1.29 is 23.8 Å². The summed E-state index contributed by atoms with van der Waals surface area (Å²) in [4.78, 5) is 26.4. The largest absolute Gasteiger partial charge is 0.478 e. The van der Waals surface area contributed by atoms with Crippen LogP contribution in [0.5, 0.6) is 0 Å². The number of hydrogen-bond donors (Lipinski definition) is 1. The first-order chi connectivity index (χ1) is 10.1. The highest BCUT2D eigenvalue weighted by Crippen LogP contribution is 2.24. The fraction of sp³-hybridized carbons (Fsp3) is 0.214. The van der Waals surface area contributed by atoms with E-state index < -0.39 is 11.9 Å².